The molecule has 1 aromatic rings. The Balaban J connectivity index is 2.88. The van der Waals surface area contributed by atoms with Gasteiger partial charge in [0.15, 0.2) is 0 Å². The first-order valence-corrected chi connectivity index (χ1v) is 7.50. The van der Waals surface area contributed by atoms with Crippen molar-refractivity contribution in [2.24, 2.45) is 5.92 Å². The van der Waals surface area contributed by atoms with Crippen LogP contribution in [0.5, 0.6) is 5.75 Å². The molecular formula is C17H29NO. The predicted molar refractivity (Wildman–Crippen MR) is 82.8 cm³/mol. The monoisotopic (exact) mass is 263 g/mol. The summed E-state index contributed by atoms with van der Waals surface area (Å²) in [7, 11) is 1.75. The van der Waals surface area contributed by atoms with Crippen LogP contribution >= 0.6 is 0 Å². The van der Waals surface area contributed by atoms with Gasteiger partial charge in [-0.1, -0.05) is 39.3 Å². The zero-order valence-corrected chi connectivity index (χ0v) is 13.1. The maximum Gasteiger partial charge on any atom is 0.122 e. The number of ether oxygens (including phenoxy) is 1. The zero-order valence-electron chi connectivity index (χ0n) is 13.1. The molecule has 108 valence electrons. The lowest BCUT2D eigenvalue weighted by Gasteiger charge is -2.23. The molecule has 2 heteroatoms. The summed E-state index contributed by atoms with van der Waals surface area (Å²) in [6, 6.07) is 7.01. The molecule has 19 heavy (non-hydrogen) atoms. The molecule has 0 saturated heterocycles. The van der Waals surface area contributed by atoms with Crippen LogP contribution in [0.15, 0.2) is 18.2 Å². The lowest BCUT2D eigenvalue weighted by atomic mass is 9.93. The molecule has 0 fully saturated rings. The summed E-state index contributed by atoms with van der Waals surface area (Å²) >= 11 is 0. The SMILES string of the molecule is CCCNC(CC(C)CC)c1ccc(C)c(OC)c1. The fourth-order valence-corrected chi connectivity index (χ4v) is 2.28. The van der Waals surface area contributed by atoms with E-state index in [0.29, 0.717) is 6.04 Å². The second-order valence-electron chi connectivity index (χ2n) is 5.48. The third-order valence-electron chi connectivity index (χ3n) is 3.81. The van der Waals surface area contributed by atoms with Gasteiger partial charge in [0, 0.05) is 6.04 Å². The molecule has 0 aliphatic heterocycles. The molecule has 2 nitrogen and oxygen atoms in total. The molecule has 0 heterocycles. The highest BCUT2D eigenvalue weighted by Gasteiger charge is 2.15. The summed E-state index contributed by atoms with van der Waals surface area (Å²) in [6.07, 6.45) is 3.58. The molecule has 1 aromatic carbocycles. The Morgan fingerprint density at radius 2 is 2.00 bits per heavy atom. The second-order valence-corrected chi connectivity index (χ2v) is 5.48. The first-order valence-electron chi connectivity index (χ1n) is 7.50. The Kier molecular flexibility index (Phi) is 6.93. The molecule has 2 unspecified atom stereocenters. The quantitative estimate of drug-likeness (QED) is 0.746. The molecule has 0 bridgehead atoms. The van der Waals surface area contributed by atoms with Crippen molar-refractivity contribution in [2.75, 3.05) is 13.7 Å². The van der Waals surface area contributed by atoms with Gasteiger partial charge >= 0.3 is 0 Å². The summed E-state index contributed by atoms with van der Waals surface area (Å²) in [5, 5.41) is 3.67. The lowest BCUT2D eigenvalue weighted by Crippen LogP contribution is -2.24. The van der Waals surface area contributed by atoms with Crippen LogP contribution < -0.4 is 10.1 Å². The standard InChI is InChI=1S/C17H29NO/c1-6-10-18-16(11-13(3)7-2)15-9-8-14(4)17(12-15)19-5/h8-9,12-13,16,18H,6-7,10-11H2,1-5H3. The first-order chi connectivity index (χ1) is 9.12. The third kappa shape index (κ3) is 4.87. The minimum atomic E-state index is 0.435. The molecule has 0 aliphatic carbocycles. The molecule has 0 aliphatic rings. The van der Waals surface area contributed by atoms with E-state index in [2.05, 4.69) is 51.2 Å². The molecule has 0 aromatic heterocycles. The van der Waals surface area contributed by atoms with Crippen LogP contribution in [0.4, 0.5) is 0 Å². The van der Waals surface area contributed by atoms with Crippen molar-refractivity contribution in [3.63, 3.8) is 0 Å². The van der Waals surface area contributed by atoms with Gasteiger partial charge in [0.1, 0.15) is 5.75 Å². The summed E-state index contributed by atoms with van der Waals surface area (Å²) in [4.78, 5) is 0. The first kappa shape index (κ1) is 16.0. The van der Waals surface area contributed by atoms with E-state index in [1.807, 2.05) is 0 Å². The fourth-order valence-electron chi connectivity index (χ4n) is 2.28. The maximum absolute atomic E-state index is 5.44. The zero-order chi connectivity index (χ0) is 14.3. The van der Waals surface area contributed by atoms with E-state index < -0.39 is 0 Å². The largest absolute Gasteiger partial charge is 0.496 e. The van der Waals surface area contributed by atoms with Crippen molar-refractivity contribution in [3.05, 3.63) is 29.3 Å². The van der Waals surface area contributed by atoms with E-state index in [4.69, 9.17) is 4.74 Å². The highest BCUT2D eigenvalue weighted by molar-refractivity contribution is 5.37. The summed E-state index contributed by atoms with van der Waals surface area (Å²) in [5.41, 5.74) is 2.54. The van der Waals surface area contributed by atoms with Crippen LogP contribution in [0.3, 0.4) is 0 Å². The van der Waals surface area contributed by atoms with Crippen LogP contribution in [0.25, 0.3) is 0 Å². The van der Waals surface area contributed by atoms with Gasteiger partial charge in [-0.15, -0.1) is 0 Å². The van der Waals surface area contributed by atoms with E-state index in [1.54, 1.807) is 7.11 Å². The Morgan fingerprint density at radius 1 is 1.26 bits per heavy atom. The fraction of sp³-hybridized carbons (Fsp3) is 0.647. The Bertz CT molecular complexity index is 376. The second kappa shape index (κ2) is 8.21. The molecule has 1 N–H and O–H groups in total. The number of benzene rings is 1. The minimum Gasteiger partial charge on any atom is -0.496 e. The van der Waals surface area contributed by atoms with Gasteiger partial charge in [-0.3, -0.25) is 0 Å². The highest BCUT2D eigenvalue weighted by Crippen LogP contribution is 2.27. The summed E-state index contributed by atoms with van der Waals surface area (Å²) in [5.74, 6) is 1.73. The molecule has 2 atom stereocenters. The van der Waals surface area contributed by atoms with Crippen LogP contribution in [-0.2, 0) is 0 Å². The molecule has 0 spiro atoms. The van der Waals surface area contributed by atoms with E-state index in [-0.39, 0.29) is 0 Å². The van der Waals surface area contributed by atoms with Crippen LogP contribution in [0.1, 0.15) is 57.2 Å². The van der Waals surface area contributed by atoms with Crippen LogP contribution in [-0.4, -0.2) is 13.7 Å². The topological polar surface area (TPSA) is 21.3 Å². The number of rotatable bonds is 8. The van der Waals surface area contributed by atoms with Crippen molar-refractivity contribution in [2.45, 2.75) is 53.0 Å². The number of aryl methyl sites for hydroxylation is 1. The van der Waals surface area contributed by atoms with Crippen LogP contribution in [0, 0.1) is 12.8 Å². The molecule has 1 rings (SSSR count). The van der Waals surface area contributed by atoms with E-state index in [0.717, 1.165) is 18.2 Å². The van der Waals surface area contributed by atoms with E-state index in [9.17, 15) is 0 Å². The average molecular weight is 263 g/mol. The lowest BCUT2D eigenvalue weighted by molar-refractivity contribution is 0.393. The molecular weight excluding hydrogens is 234 g/mol. The maximum atomic E-state index is 5.44. The van der Waals surface area contributed by atoms with Crippen molar-refractivity contribution in [1.82, 2.24) is 5.32 Å². The summed E-state index contributed by atoms with van der Waals surface area (Å²) < 4.78 is 5.44. The van der Waals surface area contributed by atoms with E-state index in [1.165, 1.54) is 30.4 Å². The van der Waals surface area contributed by atoms with Gasteiger partial charge in [0.25, 0.3) is 0 Å². The van der Waals surface area contributed by atoms with Crippen LogP contribution in [0.2, 0.25) is 0 Å². The van der Waals surface area contributed by atoms with Crippen molar-refractivity contribution >= 4 is 0 Å². The Hall–Kier alpha value is -1.02. The average Bonchev–Trinajstić information content (AvgIpc) is 2.43. The van der Waals surface area contributed by atoms with Gasteiger partial charge in [0.2, 0.25) is 0 Å². The van der Waals surface area contributed by atoms with Gasteiger partial charge in [-0.25, -0.2) is 0 Å². The number of hydrogen-bond donors (Lipinski definition) is 1. The third-order valence-corrected chi connectivity index (χ3v) is 3.81. The van der Waals surface area contributed by atoms with E-state index >= 15 is 0 Å². The minimum absolute atomic E-state index is 0.435. The predicted octanol–water partition coefficient (Wildman–Crippen LogP) is 4.48. The number of nitrogens with one attached hydrogen (secondary N) is 1. The van der Waals surface area contributed by atoms with Gasteiger partial charge in [-0.05, 0) is 49.4 Å². The van der Waals surface area contributed by atoms with Crippen molar-refractivity contribution in [3.8, 4) is 5.75 Å². The summed E-state index contributed by atoms with van der Waals surface area (Å²) in [6.45, 7) is 9.95. The highest BCUT2D eigenvalue weighted by atomic mass is 16.5. The Labute approximate surface area is 118 Å². The molecule has 0 saturated carbocycles. The normalized spacial score (nSPS) is 14.2. The Morgan fingerprint density at radius 3 is 2.58 bits per heavy atom. The van der Waals surface area contributed by atoms with Gasteiger partial charge in [0.05, 0.1) is 7.11 Å². The smallest absolute Gasteiger partial charge is 0.122 e. The van der Waals surface area contributed by atoms with Crippen molar-refractivity contribution in [1.29, 1.82) is 0 Å². The molecule has 0 amide bonds. The molecule has 0 radical (unpaired) electrons. The number of methoxy groups -OCH3 is 1. The van der Waals surface area contributed by atoms with Gasteiger partial charge < -0.3 is 10.1 Å². The van der Waals surface area contributed by atoms with Gasteiger partial charge in [-0.2, -0.15) is 0 Å². The van der Waals surface area contributed by atoms with Crippen molar-refractivity contribution < 1.29 is 4.74 Å². The number of hydrogen-bond acceptors (Lipinski definition) is 2.